The molecule has 0 fully saturated rings. The molecule has 3 nitrogen and oxygen atoms in total. The van der Waals surface area contributed by atoms with E-state index in [0.29, 0.717) is 11.3 Å². The molecule has 0 heterocycles. The minimum absolute atomic E-state index is 0.180. The third kappa shape index (κ3) is 3.67. The summed E-state index contributed by atoms with van der Waals surface area (Å²) in [6, 6.07) is 13.4. The molecule has 2 rings (SSSR count). The predicted molar refractivity (Wildman–Crippen MR) is 82.3 cm³/mol. The number of nitrogens with two attached hydrogens (primary N) is 1. The Balaban J connectivity index is 2.09. The number of hydrogen-bond donors (Lipinski definition) is 2. The van der Waals surface area contributed by atoms with E-state index in [4.69, 9.17) is 5.73 Å². The Labute approximate surface area is 124 Å². The minimum atomic E-state index is -0.392. The molecule has 0 aliphatic carbocycles. The molecule has 0 aromatic heterocycles. The van der Waals surface area contributed by atoms with Gasteiger partial charge in [-0.2, -0.15) is 0 Å². The van der Waals surface area contributed by atoms with Gasteiger partial charge in [0.25, 0.3) is 0 Å². The number of carbonyl (C=O) groups is 1. The van der Waals surface area contributed by atoms with Crippen LogP contribution in [0.2, 0.25) is 0 Å². The first-order valence-corrected chi connectivity index (χ1v) is 6.86. The van der Waals surface area contributed by atoms with E-state index < -0.39 is 5.92 Å². The molecule has 0 bridgehead atoms. The van der Waals surface area contributed by atoms with Crippen molar-refractivity contribution >= 4 is 11.6 Å². The van der Waals surface area contributed by atoms with Crippen LogP contribution in [0.25, 0.3) is 0 Å². The van der Waals surface area contributed by atoms with Gasteiger partial charge in [0.05, 0.1) is 5.92 Å². The average molecular weight is 286 g/mol. The highest BCUT2D eigenvalue weighted by atomic mass is 19.1. The summed E-state index contributed by atoms with van der Waals surface area (Å²) in [6.07, 6.45) is 0. The fraction of sp³-hybridized carbons (Fsp3) is 0.235. The number of carbonyl (C=O) groups excluding carboxylic acids is 1. The van der Waals surface area contributed by atoms with Gasteiger partial charge < -0.3 is 11.1 Å². The third-order valence-electron chi connectivity index (χ3n) is 3.58. The Morgan fingerprint density at radius 2 is 1.86 bits per heavy atom. The molecule has 2 aromatic carbocycles. The second-order valence-electron chi connectivity index (χ2n) is 5.17. The maximum absolute atomic E-state index is 13.1. The van der Waals surface area contributed by atoms with Crippen molar-refractivity contribution in [1.82, 2.24) is 0 Å². The lowest BCUT2D eigenvalue weighted by Crippen LogP contribution is -2.30. The van der Waals surface area contributed by atoms with Gasteiger partial charge in [0.1, 0.15) is 5.82 Å². The molecule has 1 amide bonds. The van der Waals surface area contributed by atoms with Crippen LogP contribution in [0.3, 0.4) is 0 Å². The first-order chi connectivity index (χ1) is 9.99. The second kappa shape index (κ2) is 6.50. The molecule has 2 unspecified atom stereocenters. The quantitative estimate of drug-likeness (QED) is 0.905. The number of amides is 1. The SMILES string of the molecule is Cc1cc(F)ccc1NC(=O)C(C)C(N)c1ccccc1. The van der Waals surface area contributed by atoms with Crippen molar-refractivity contribution in [3.8, 4) is 0 Å². The Hall–Kier alpha value is -2.20. The lowest BCUT2D eigenvalue weighted by atomic mass is 9.94. The molecule has 21 heavy (non-hydrogen) atoms. The van der Waals surface area contributed by atoms with Crippen LogP contribution in [0, 0.1) is 18.7 Å². The van der Waals surface area contributed by atoms with Crippen LogP contribution in [-0.2, 0) is 4.79 Å². The lowest BCUT2D eigenvalue weighted by molar-refractivity contribution is -0.120. The van der Waals surface area contributed by atoms with Gasteiger partial charge in [0.2, 0.25) is 5.91 Å². The predicted octanol–water partition coefficient (Wildman–Crippen LogP) is 3.41. The molecular formula is C17H19FN2O. The van der Waals surface area contributed by atoms with Crippen LogP contribution in [0.15, 0.2) is 48.5 Å². The zero-order chi connectivity index (χ0) is 15.4. The van der Waals surface area contributed by atoms with Gasteiger partial charge in [0.15, 0.2) is 0 Å². The van der Waals surface area contributed by atoms with Crippen LogP contribution >= 0.6 is 0 Å². The number of nitrogens with one attached hydrogen (secondary N) is 1. The Morgan fingerprint density at radius 3 is 2.48 bits per heavy atom. The molecule has 4 heteroatoms. The summed E-state index contributed by atoms with van der Waals surface area (Å²) in [5, 5.41) is 2.80. The van der Waals surface area contributed by atoms with Gasteiger partial charge >= 0.3 is 0 Å². The first kappa shape index (κ1) is 15.2. The van der Waals surface area contributed by atoms with Gasteiger partial charge in [-0.3, -0.25) is 4.79 Å². The summed E-state index contributed by atoms with van der Waals surface area (Å²) < 4.78 is 13.1. The summed E-state index contributed by atoms with van der Waals surface area (Å²) in [6.45, 7) is 3.53. The summed E-state index contributed by atoms with van der Waals surface area (Å²) in [7, 11) is 0. The van der Waals surface area contributed by atoms with Gasteiger partial charge in [0, 0.05) is 11.7 Å². The Morgan fingerprint density at radius 1 is 1.19 bits per heavy atom. The zero-order valence-electron chi connectivity index (χ0n) is 12.1. The van der Waals surface area contributed by atoms with Gasteiger partial charge in [-0.15, -0.1) is 0 Å². The van der Waals surface area contributed by atoms with Crippen LogP contribution in [0.4, 0.5) is 10.1 Å². The molecule has 3 N–H and O–H groups in total. The van der Waals surface area contributed by atoms with E-state index in [0.717, 1.165) is 5.56 Å². The maximum Gasteiger partial charge on any atom is 0.229 e. The van der Waals surface area contributed by atoms with Gasteiger partial charge in [-0.1, -0.05) is 37.3 Å². The molecule has 0 radical (unpaired) electrons. The van der Waals surface area contributed by atoms with Crippen LogP contribution in [0.5, 0.6) is 0 Å². The highest BCUT2D eigenvalue weighted by Gasteiger charge is 2.22. The van der Waals surface area contributed by atoms with Crippen molar-refractivity contribution in [3.05, 3.63) is 65.5 Å². The molecule has 2 aromatic rings. The monoisotopic (exact) mass is 286 g/mol. The van der Waals surface area contributed by atoms with Crippen LogP contribution in [-0.4, -0.2) is 5.91 Å². The van der Waals surface area contributed by atoms with Crippen molar-refractivity contribution < 1.29 is 9.18 Å². The van der Waals surface area contributed by atoms with E-state index in [-0.39, 0.29) is 17.8 Å². The molecule has 0 spiro atoms. The van der Waals surface area contributed by atoms with Gasteiger partial charge in [-0.05, 0) is 36.2 Å². The van der Waals surface area contributed by atoms with Crippen LogP contribution in [0.1, 0.15) is 24.1 Å². The van der Waals surface area contributed by atoms with E-state index in [9.17, 15) is 9.18 Å². The van der Waals surface area contributed by atoms with E-state index in [2.05, 4.69) is 5.32 Å². The summed E-state index contributed by atoms with van der Waals surface area (Å²) in [4.78, 5) is 12.3. The van der Waals surface area contributed by atoms with E-state index in [1.54, 1.807) is 19.9 Å². The topological polar surface area (TPSA) is 55.1 Å². The van der Waals surface area contributed by atoms with E-state index in [1.807, 2.05) is 30.3 Å². The molecule has 110 valence electrons. The molecule has 0 saturated carbocycles. The van der Waals surface area contributed by atoms with Crippen molar-refractivity contribution in [2.24, 2.45) is 11.7 Å². The highest BCUT2D eigenvalue weighted by Crippen LogP contribution is 2.22. The number of anilines is 1. The molecule has 2 atom stereocenters. The first-order valence-electron chi connectivity index (χ1n) is 6.86. The number of hydrogen-bond acceptors (Lipinski definition) is 2. The molecule has 0 saturated heterocycles. The Kier molecular flexibility index (Phi) is 4.70. The fourth-order valence-corrected chi connectivity index (χ4v) is 2.14. The van der Waals surface area contributed by atoms with Gasteiger partial charge in [-0.25, -0.2) is 4.39 Å². The summed E-state index contributed by atoms with van der Waals surface area (Å²) in [5.41, 5.74) is 8.34. The van der Waals surface area contributed by atoms with Crippen LogP contribution < -0.4 is 11.1 Å². The number of benzene rings is 2. The minimum Gasteiger partial charge on any atom is -0.326 e. The van der Waals surface area contributed by atoms with Crippen molar-refractivity contribution in [2.45, 2.75) is 19.9 Å². The van der Waals surface area contributed by atoms with Crippen molar-refractivity contribution in [1.29, 1.82) is 0 Å². The molecule has 0 aliphatic heterocycles. The average Bonchev–Trinajstić information content (AvgIpc) is 2.49. The zero-order valence-corrected chi connectivity index (χ0v) is 12.1. The number of aryl methyl sites for hydroxylation is 1. The second-order valence-corrected chi connectivity index (χ2v) is 5.17. The fourth-order valence-electron chi connectivity index (χ4n) is 2.14. The van der Waals surface area contributed by atoms with E-state index in [1.165, 1.54) is 12.1 Å². The number of halogens is 1. The Bertz CT molecular complexity index is 628. The smallest absolute Gasteiger partial charge is 0.229 e. The summed E-state index contributed by atoms with van der Waals surface area (Å²) in [5.74, 6) is -0.891. The lowest BCUT2D eigenvalue weighted by Gasteiger charge is -2.20. The van der Waals surface area contributed by atoms with Crippen molar-refractivity contribution in [3.63, 3.8) is 0 Å². The highest BCUT2D eigenvalue weighted by molar-refractivity contribution is 5.93. The normalized spacial score (nSPS) is 13.5. The maximum atomic E-state index is 13.1. The standard InChI is InChI=1S/C17H19FN2O/c1-11-10-14(18)8-9-15(11)20-17(21)12(2)16(19)13-6-4-3-5-7-13/h3-10,12,16H,19H2,1-2H3,(H,20,21). The third-order valence-corrected chi connectivity index (χ3v) is 3.58. The summed E-state index contributed by atoms with van der Waals surface area (Å²) >= 11 is 0. The molecule has 0 aliphatic rings. The van der Waals surface area contributed by atoms with E-state index >= 15 is 0 Å². The largest absolute Gasteiger partial charge is 0.326 e. The molecular weight excluding hydrogens is 267 g/mol. The van der Waals surface area contributed by atoms with Crippen molar-refractivity contribution in [2.75, 3.05) is 5.32 Å². The number of rotatable bonds is 4.